The van der Waals surface area contributed by atoms with Crippen LogP contribution in [0.3, 0.4) is 0 Å². The minimum Gasteiger partial charge on any atom is -0.392 e. The van der Waals surface area contributed by atoms with Gasteiger partial charge in [-0.1, -0.05) is 11.8 Å². The third-order valence-corrected chi connectivity index (χ3v) is 4.96. The smallest absolute Gasteiger partial charge is 0.392 e. The molecule has 0 aliphatic carbocycles. The standard InChI is InChI=1S/C14H19N5O3S/c1-18-7-5-15-13(18)23-8-4-11(20)19-6-2-3-10(9-19)12-16-17-14(21)22-12/h5,7,10H,2-4,6,8-9H2,1H3,(H,17,21). The van der Waals surface area contributed by atoms with Crippen LogP contribution in [0.1, 0.15) is 31.1 Å². The number of thioether (sulfide) groups is 1. The lowest BCUT2D eigenvalue weighted by Crippen LogP contribution is -2.39. The molecule has 1 N–H and O–H groups in total. The van der Waals surface area contributed by atoms with Crippen LogP contribution in [-0.2, 0) is 11.8 Å². The van der Waals surface area contributed by atoms with Gasteiger partial charge in [0, 0.05) is 44.7 Å². The first-order valence-corrected chi connectivity index (χ1v) is 8.55. The van der Waals surface area contributed by atoms with Crippen LogP contribution in [-0.4, -0.2) is 49.4 Å². The number of nitrogens with one attached hydrogen (secondary N) is 1. The molecule has 0 saturated carbocycles. The highest BCUT2D eigenvalue weighted by atomic mass is 32.2. The fourth-order valence-corrected chi connectivity index (χ4v) is 3.56. The van der Waals surface area contributed by atoms with E-state index in [4.69, 9.17) is 4.42 Å². The highest BCUT2D eigenvalue weighted by Crippen LogP contribution is 2.25. The zero-order valence-corrected chi connectivity index (χ0v) is 13.7. The molecule has 124 valence electrons. The van der Waals surface area contributed by atoms with Crippen LogP contribution in [0.4, 0.5) is 0 Å². The summed E-state index contributed by atoms with van der Waals surface area (Å²) in [5, 5.41) is 7.07. The summed E-state index contributed by atoms with van der Waals surface area (Å²) in [7, 11) is 1.93. The van der Waals surface area contributed by atoms with Gasteiger partial charge in [0.15, 0.2) is 5.16 Å². The Balaban J connectivity index is 1.51. The van der Waals surface area contributed by atoms with Gasteiger partial charge in [-0.2, -0.15) is 0 Å². The average Bonchev–Trinajstić information content (AvgIpc) is 3.16. The molecule has 8 nitrogen and oxygen atoms in total. The fourth-order valence-electron chi connectivity index (χ4n) is 2.70. The summed E-state index contributed by atoms with van der Waals surface area (Å²) >= 11 is 1.57. The van der Waals surface area contributed by atoms with Crippen molar-refractivity contribution in [1.29, 1.82) is 0 Å². The Kier molecular flexibility index (Phi) is 4.85. The number of carbonyl (C=O) groups excluding carboxylic acids is 1. The van der Waals surface area contributed by atoms with E-state index >= 15 is 0 Å². The van der Waals surface area contributed by atoms with E-state index in [-0.39, 0.29) is 11.8 Å². The van der Waals surface area contributed by atoms with Crippen LogP contribution in [0.5, 0.6) is 0 Å². The molecule has 1 fully saturated rings. The third kappa shape index (κ3) is 3.84. The first-order valence-electron chi connectivity index (χ1n) is 7.57. The normalized spacial score (nSPS) is 18.3. The van der Waals surface area contributed by atoms with E-state index in [1.807, 2.05) is 22.7 Å². The fraction of sp³-hybridized carbons (Fsp3) is 0.571. The van der Waals surface area contributed by atoms with E-state index in [1.165, 1.54) is 0 Å². The van der Waals surface area contributed by atoms with Gasteiger partial charge in [0.2, 0.25) is 11.8 Å². The first-order chi connectivity index (χ1) is 11.1. The van der Waals surface area contributed by atoms with E-state index in [2.05, 4.69) is 15.2 Å². The highest BCUT2D eigenvalue weighted by Gasteiger charge is 2.27. The second-order valence-corrected chi connectivity index (χ2v) is 6.61. The lowest BCUT2D eigenvalue weighted by molar-refractivity contribution is -0.132. The number of carbonyl (C=O) groups is 1. The van der Waals surface area contributed by atoms with Crippen LogP contribution in [0.25, 0.3) is 0 Å². The highest BCUT2D eigenvalue weighted by molar-refractivity contribution is 7.99. The molecule has 23 heavy (non-hydrogen) atoms. The minimum atomic E-state index is -0.546. The molecule has 0 spiro atoms. The Labute approximate surface area is 137 Å². The van der Waals surface area contributed by atoms with Crippen molar-refractivity contribution in [3.05, 3.63) is 28.8 Å². The Hall–Kier alpha value is -2.03. The van der Waals surface area contributed by atoms with Gasteiger partial charge in [-0.05, 0) is 12.8 Å². The molecule has 1 saturated heterocycles. The molecule has 3 rings (SSSR count). The van der Waals surface area contributed by atoms with Gasteiger partial charge < -0.3 is 13.9 Å². The maximum atomic E-state index is 12.4. The number of rotatable bonds is 5. The van der Waals surface area contributed by atoms with Gasteiger partial charge in [-0.3, -0.25) is 4.79 Å². The van der Waals surface area contributed by atoms with Crippen LogP contribution in [0, 0.1) is 0 Å². The monoisotopic (exact) mass is 337 g/mol. The van der Waals surface area contributed by atoms with Crippen LogP contribution in [0.2, 0.25) is 0 Å². The molecule has 0 bridgehead atoms. The van der Waals surface area contributed by atoms with Gasteiger partial charge in [0.05, 0.1) is 5.92 Å². The van der Waals surface area contributed by atoms with Crippen molar-refractivity contribution < 1.29 is 9.21 Å². The number of aromatic nitrogens is 4. The molecular formula is C14H19N5O3S. The lowest BCUT2D eigenvalue weighted by atomic mass is 9.98. The van der Waals surface area contributed by atoms with E-state index in [0.717, 1.165) is 24.5 Å². The number of H-pyrrole nitrogens is 1. The summed E-state index contributed by atoms with van der Waals surface area (Å²) in [4.78, 5) is 29.5. The Bertz CT molecular complexity index is 722. The van der Waals surface area contributed by atoms with Crippen molar-refractivity contribution >= 4 is 17.7 Å². The van der Waals surface area contributed by atoms with Crippen molar-refractivity contribution in [2.24, 2.45) is 7.05 Å². The van der Waals surface area contributed by atoms with Gasteiger partial charge in [-0.25, -0.2) is 14.9 Å². The molecule has 2 aromatic heterocycles. The number of amides is 1. The van der Waals surface area contributed by atoms with Crippen molar-refractivity contribution in [1.82, 2.24) is 24.6 Å². The molecule has 0 radical (unpaired) electrons. The summed E-state index contributed by atoms with van der Waals surface area (Å²) < 4.78 is 6.96. The molecule has 1 unspecified atom stereocenters. The maximum Gasteiger partial charge on any atom is 0.434 e. The van der Waals surface area contributed by atoms with Gasteiger partial charge in [-0.15, -0.1) is 5.10 Å². The van der Waals surface area contributed by atoms with Crippen molar-refractivity contribution in [2.75, 3.05) is 18.8 Å². The molecule has 1 amide bonds. The molecular weight excluding hydrogens is 318 g/mol. The van der Waals surface area contributed by atoms with Crippen LogP contribution in [0.15, 0.2) is 26.8 Å². The number of nitrogens with zero attached hydrogens (tertiary/aromatic N) is 4. The zero-order valence-electron chi connectivity index (χ0n) is 12.9. The molecule has 2 aromatic rings. The molecule has 9 heteroatoms. The molecule has 1 aliphatic heterocycles. The minimum absolute atomic E-state index is 0.00570. The Morgan fingerprint density at radius 2 is 2.43 bits per heavy atom. The third-order valence-electron chi connectivity index (χ3n) is 3.90. The second-order valence-electron chi connectivity index (χ2n) is 5.55. The summed E-state index contributed by atoms with van der Waals surface area (Å²) in [6, 6.07) is 0. The largest absolute Gasteiger partial charge is 0.434 e. The predicted molar refractivity (Wildman–Crippen MR) is 84.2 cm³/mol. The van der Waals surface area contributed by atoms with Crippen molar-refractivity contribution in [2.45, 2.75) is 30.3 Å². The summed E-state index contributed by atoms with van der Waals surface area (Å²) in [6.07, 6.45) is 5.86. The molecule has 1 atom stereocenters. The number of aromatic amines is 1. The maximum absolute atomic E-state index is 12.4. The molecule has 1 aliphatic rings. The van der Waals surface area contributed by atoms with E-state index in [9.17, 15) is 9.59 Å². The summed E-state index contributed by atoms with van der Waals surface area (Å²) in [6.45, 7) is 1.30. The topological polar surface area (TPSA) is 97.0 Å². The molecule has 0 aromatic carbocycles. The van der Waals surface area contributed by atoms with E-state index < -0.39 is 5.76 Å². The van der Waals surface area contributed by atoms with E-state index in [1.54, 1.807) is 18.0 Å². The van der Waals surface area contributed by atoms with Crippen molar-refractivity contribution in [3.63, 3.8) is 0 Å². The van der Waals surface area contributed by atoms with Gasteiger partial charge >= 0.3 is 5.76 Å². The number of hydrogen-bond donors (Lipinski definition) is 1. The van der Waals surface area contributed by atoms with Gasteiger partial charge in [0.1, 0.15) is 0 Å². The average molecular weight is 337 g/mol. The SMILES string of the molecule is Cn1ccnc1SCCC(=O)N1CCCC(c2n[nH]c(=O)o2)C1. The number of imidazole rings is 1. The Morgan fingerprint density at radius 1 is 1.57 bits per heavy atom. The predicted octanol–water partition coefficient (Wildman–Crippen LogP) is 0.985. The summed E-state index contributed by atoms with van der Waals surface area (Å²) in [5.41, 5.74) is 0. The van der Waals surface area contributed by atoms with Crippen LogP contribution < -0.4 is 5.76 Å². The number of hydrogen-bond acceptors (Lipinski definition) is 6. The first kappa shape index (κ1) is 15.9. The lowest BCUT2D eigenvalue weighted by Gasteiger charge is -2.31. The Morgan fingerprint density at radius 3 is 3.13 bits per heavy atom. The number of aryl methyl sites for hydroxylation is 1. The number of likely N-dealkylation sites (tertiary alicyclic amines) is 1. The summed E-state index contributed by atoms with van der Waals surface area (Å²) in [5.74, 6) is 0.662. The van der Waals surface area contributed by atoms with Gasteiger partial charge in [0.25, 0.3) is 0 Å². The number of piperidine rings is 1. The van der Waals surface area contributed by atoms with Crippen molar-refractivity contribution in [3.8, 4) is 0 Å². The second kappa shape index (κ2) is 7.03. The van der Waals surface area contributed by atoms with Crippen LogP contribution >= 0.6 is 11.8 Å². The zero-order chi connectivity index (χ0) is 16.2. The quantitative estimate of drug-likeness (QED) is 0.817. The molecule has 3 heterocycles. The van der Waals surface area contributed by atoms with E-state index in [0.29, 0.717) is 24.6 Å².